The maximum atomic E-state index is 9.51. The largest absolute Gasteiger partial charge is 0.508 e. The summed E-state index contributed by atoms with van der Waals surface area (Å²) in [5.41, 5.74) is 6.38. The van der Waals surface area contributed by atoms with E-state index in [1.165, 1.54) is 11.8 Å². The summed E-state index contributed by atoms with van der Waals surface area (Å²) in [6.07, 6.45) is 3.02. The first-order chi connectivity index (χ1) is 7.20. The Kier molecular flexibility index (Phi) is 5.50. The number of unbranched alkanes of at least 4 members (excludes halogenated alkanes) is 1. The number of hydrogen-bond donors (Lipinski definition) is 2. The molecule has 0 aliphatic rings. The molecule has 1 rings (SSSR count). The minimum atomic E-state index is 0.388. The minimum Gasteiger partial charge on any atom is -0.508 e. The second kappa shape index (κ2) is 6.69. The van der Waals surface area contributed by atoms with Crippen molar-refractivity contribution >= 4 is 28.3 Å². The van der Waals surface area contributed by atoms with Crippen molar-refractivity contribution in [1.29, 1.82) is 0 Å². The highest BCUT2D eigenvalue weighted by atomic mass is 32.2. The zero-order chi connectivity index (χ0) is 11.1. The molecule has 0 fully saturated rings. The number of thioether (sulfide) groups is 1. The molecular formula is C11H15NOS2. The van der Waals surface area contributed by atoms with Crippen molar-refractivity contribution in [2.24, 2.45) is 5.73 Å². The van der Waals surface area contributed by atoms with Crippen LogP contribution in [-0.2, 0) is 6.42 Å². The molecule has 1 aromatic carbocycles. The molecule has 0 saturated heterocycles. The zero-order valence-corrected chi connectivity index (χ0v) is 10.1. The van der Waals surface area contributed by atoms with Gasteiger partial charge in [0.2, 0.25) is 0 Å². The number of benzene rings is 1. The van der Waals surface area contributed by atoms with Gasteiger partial charge in [-0.1, -0.05) is 42.2 Å². The van der Waals surface area contributed by atoms with Crippen LogP contribution in [0.2, 0.25) is 0 Å². The lowest BCUT2D eigenvalue weighted by Crippen LogP contribution is -2.02. The molecule has 0 unspecified atom stereocenters. The smallest absolute Gasteiger partial charge is 0.131 e. The molecule has 15 heavy (non-hydrogen) atoms. The molecular weight excluding hydrogens is 226 g/mol. The molecule has 1 aromatic rings. The quantitative estimate of drug-likeness (QED) is 0.614. The topological polar surface area (TPSA) is 46.2 Å². The first-order valence-electron chi connectivity index (χ1n) is 4.89. The van der Waals surface area contributed by atoms with E-state index in [4.69, 9.17) is 18.0 Å². The molecule has 0 amide bonds. The molecule has 4 heteroatoms. The lowest BCUT2D eigenvalue weighted by molar-refractivity contribution is 0.467. The summed E-state index contributed by atoms with van der Waals surface area (Å²) in [5, 5.41) is 9.51. The predicted molar refractivity (Wildman–Crippen MR) is 70.3 cm³/mol. The van der Waals surface area contributed by atoms with Crippen molar-refractivity contribution in [3.8, 4) is 5.75 Å². The molecule has 0 atom stereocenters. The van der Waals surface area contributed by atoms with Gasteiger partial charge in [-0.05, 0) is 30.9 Å². The van der Waals surface area contributed by atoms with Gasteiger partial charge in [0.25, 0.3) is 0 Å². The van der Waals surface area contributed by atoms with Crippen LogP contribution in [0.15, 0.2) is 24.3 Å². The minimum absolute atomic E-state index is 0.388. The second-order valence-corrected chi connectivity index (χ2v) is 5.09. The van der Waals surface area contributed by atoms with Gasteiger partial charge in [0.1, 0.15) is 10.1 Å². The van der Waals surface area contributed by atoms with E-state index in [1.54, 1.807) is 6.07 Å². The van der Waals surface area contributed by atoms with Gasteiger partial charge in [-0.2, -0.15) is 0 Å². The third kappa shape index (κ3) is 5.04. The standard InChI is InChI=1S/C11H15NOS2/c12-11(14)15-8-4-3-6-9-5-1-2-7-10(9)13/h1-2,5,7,13H,3-4,6,8H2,(H2,12,14). The molecule has 0 radical (unpaired) electrons. The fourth-order valence-corrected chi connectivity index (χ4v) is 2.11. The second-order valence-electron chi connectivity index (χ2n) is 3.25. The molecule has 82 valence electrons. The summed E-state index contributed by atoms with van der Waals surface area (Å²) in [4.78, 5) is 0. The summed E-state index contributed by atoms with van der Waals surface area (Å²) in [7, 11) is 0. The Balaban J connectivity index is 2.21. The van der Waals surface area contributed by atoms with Crippen molar-refractivity contribution in [2.45, 2.75) is 19.3 Å². The number of aryl methyl sites for hydroxylation is 1. The van der Waals surface area contributed by atoms with E-state index in [0.717, 1.165) is 30.6 Å². The van der Waals surface area contributed by atoms with Gasteiger partial charge in [-0.3, -0.25) is 0 Å². The number of hydrogen-bond acceptors (Lipinski definition) is 3. The van der Waals surface area contributed by atoms with E-state index in [2.05, 4.69) is 0 Å². The third-order valence-corrected chi connectivity index (χ3v) is 3.21. The van der Waals surface area contributed by atoms with Crippen LogP contribution >= 0.6 is 24.0 Å². The number of phenols is 1. The molecule has 0 spiro atoms. The highest BCUT2D eigenvalue weighted by Crippen LogP contribution is 2.18. The summed E-state index contributed by atoms with van der Waals surface area (Å²) in [6, 6.07) is 7.45. The van der Waals surface area contributed by atoms with E-state index >= 15 is 0 Å². The molecule has 0 saturated carbocycles. The first-order valence-corrected chi connectivity index (χ1v) is 6.28. The Morgan fingerprint density at radius 1 is 1.33 bits per heavy atom. The van der Waals surface area contributed by atoms with Crippen molar-refractivity contribution in [3.05, 3.63) is 29.8 Å². The van der Waals surface area contributed by atoms with Crippen LogP contribution in [0.3, 0.4) is 0 Å². The zero-order valence-electron chi connectivity index (χ0n) is 8.48. The average molecular weight is 241 g/mol. The average Bonchev–Trinajstić information content (AvgIpc) is 2.20. The number of rotatable bonds is 5. The van der Waals surface area contributed by atoms with Crippen molar-refractivity contribution < 1.29 is 5.11 Å². The molecule has 0 aromatic heterocycles. The third-order valence-electron chi connectivity index (χ3n) is 2.08. The number of aromatic hydroxyl groups is 1. The molecule has 0 aliphatic heterocycles. The summed E-state index contributed by atoms with van der Waals surface area (Å²) in [6.45, 7) is 0. The van der Waals surface area contributed by atoms with Crippen molar-refractivity contribution in [3.63, 3.8) is 0 Å². The van der Waals surface area contributed by atoms with Crippen molar-refractivity contribution in [1.82, 2.24) is 0 Å². The summed E-state index contributed by atoms with van der Waals surface area (Å²) < 4.78 is 0.512. The van der Waals surface area contributed by atoms with Crippen molar-refractivity contribution in [2.75, 3.05) is 5.75 Å². The Hall–Kier alpha value is -0.740. The summed E-state index contributed by atoms with van der Waals surface area (Å²) >= 11 is 6.28. The molecule has 3 N–H and O–H groups in total. The number of phenolic OH excluding ortho intramolecular Hbond substituents is 1. The Bertz CT molecular complexity index is 328. The van der Waals surface area contributed by atoms with E-state index in [1.807, 2.05) is 18.2 Å². The molecule has 0 heterocycles. The number of nitrogens with two attached hydrogens (primary N) is 1. The molecule has 0 aliphatic carbocycles. The molecule has 0 bridgehead atoms. The van der Waals surface area contributed by atoms with Crippen LogP contribution in [0.4, 0.5) is 0 Å². The van der Waals surface area contributed by atoms with Gasteiger partial charge in [0.05, 0.1) is 0 Å². The van der Waals surface area contributed by atoms with Crippen LogP contribution in [0, 0.1) is 0 Å². The van der Waals surface area contributed by atoms with Crippen LogP contribution < -0.4 is 5.73 Å². The van der Waals surface area contributed by atoms with Gasteiger partial charge in [0, 0.05) is 5.75 Å². The Labute approximate surface area is 99.9 Å². The van der Waals surface area contributed by atoms with E-state index < -0.39 is 0 Å². The maximum absolute atomic E-state index is 9.51. The van der Waals surface area contributed by atoms with Gasteiger partial charge < -0.3 is 10.8 Å². The Morgan fingerprint density at radius 3 is 2.73 bits per heavy atom. The normalized spacial score (nSPS) is 10.1. The van der Waals surface area contributed by atoms with E-state index in [9.17, 15) is 5.11 Å². The number of thiocarbonyl (C=S) groups is 1. The molecule has 2 nitrogen and oxygen atoms in total. The predicted octanol–water partition coefficient (Wildman–Crippen LogP) is 2.69. The number of para-hydroxylation sites is 1. The first kappa shape index (κ1) is 12.3. The van der Waals surface area contributed by atoms with Gasteiger partial charge >= 0.3 is 0 Å². The van der Waals surface area contributed by atoms with Gasteiger partial charge in [0.15, 0.2) is 0 Å². The highest BCUT2D eigenvalue weighted by Gasteiger charge is 1.99. The highest BCUT2D eigenvalue weighted by molar-refractivity contribution is 8.22. The maximum Gasteiger partial charge on any atom is 0.131 e. The van der Waals surface area contributed by atoms with Gasteiger partial charge in [-0.25, -0.2) is 0 Å². The van der Waals surface area contributed by atoms with Crippen LogP contribution in [-0.4, -0.2) is 15.2 Å². The SMILES string of the molecule is NC(=S)SCCCCc1ccccc1O. The van der Waals surface area contributed by atoms with Crippen LogP contribution in [0.25, 0.3) is 0 Å². The lowest BCUT2D eigenvalue weighted by atomic mass is 10.1. The van der Waals surface area contributed by atoms with Crippen LogP contribution in [0.1, 0.15) is 18.4 Å². The lowest BCUT2D eigenvalue weighted by Gasteiger charge is -2.03. The van der Waals surface area contributed by atoms with E-state index in [-0.39, 0.29) is 0 Å². The van der Waals surface area contributed by atoms with Gasteiger partial charge in [-0.15, -0.1) is 0 Å². The Morgan fingerprint density at radius 2 is 2.07 bits per heavy atom. The monoisotopic (exact) mass is 241 g/mol. The van der Waals surface area contributed by atoms with E-state index in [0.29, 0.717) is 10.1 Å². The fraction of sp³-hybridized carbons (Fsp3) is 0.364. The fourth-order valence-electron chi connectivity index (χ4n) is 1.31. The van der Waals surface area contributed by atoms with Crippen LogP contribution in [0.5, 0.6) is 5.75 Å². The summed E-state index contributed by atoms with van der Waals surface area (Å²) in [5.74, 6) is 1.35.